The number of aromatic amines is 1. The van der Waals surface area contributed by atoms with E-state index in [9.17, 15) is 9.59 Å². The van der Waals surface area contributed by atoms with E-state index in [2.05, 4.69) is 15.2 Å². The Labute approximate surface area is 177 Å². The molecule has 0 saturated carbocycles. The molecule has 0 unspecified atom stereocenters. The van der Waals surface area contributed by atoms with Gasteiger partial charge in [0.2, 0.25) is 0 Å². The Morgan fingerprint density at radius 2 is 1.93 bits per heavy atom. The van der Waals surface area contributed by atoms with Gasteiger partial charge in [0.15, 0.2) is 22.4 Å². The third-order valence-electron chi connectivity index (χ3n) is 5.28. The Morgan fingerprint density at radius 1 is 1.17 bits per heavy atom. The van der Waals surface area contributed by atoms with Crippen LogP contribution in [-0.2, 0) is 0 Å². The van der Waals surface area contributed by atoms with Crippen LogP contribution in [0.2, 0.25) is 0 Å². The SMILES string of the molecule is COc1ccc2c(C)cc3nnc(SCC(=O)c4[nH]c(C)c(C(C)=O)c4C)n3c2c1. The molecule has 0 aliphatic rings. The normalized spacial score (nSPS) is 11.4. The number of rotatable bonds is 6. The lowest BCUT2D eigenvalue weighted by molar-refractivity contribution is 0.101. The summed E-state index contributed by atoms with van der Waals surface area (Å²) in [4.78, 5) is 27.8. The van der Waals surface area contributed by atoms with Gasteiger partial charge in [-0.3, -0.25) is 14.0 Å². The highest BCUT2D eigenvalue weighted by molar-refractivity contribution is 7.99. The maximum Gasteiger partial charge on any atom is 0.196 e. The van der Waals surface area contributed by atoms with Crippen molar-refractivity contribution in [2.45, 2.75) is 32.9 Å². The number of hydrogen-bond acceptors (Lipinski definition) is 6. The number of pyridine rings is 1. The molecule has 8 heteroatoms. The van der Waals surface area contributed by atoms with E-state index < -0.39 is 0 Å². The third kappa shape index (κ3) is 3.27. The molecule has 0 atom stereocenters. The molecule has 0 aliphatic carbocycles. The predicted octanol–water partition coefficient (Wildman–Crippen LogP) is 4.32. The van der Waals surface area contributed by atoms with Crippen molar-refractivity contribution in [3.05, 3.63) is 52.3 Å². The van der Waals surface area contributed by atoms with E-state index >= 15 is 0 Å². The first kappa shape index (κ1) is 20.2. The second kappa shape index (κ2) is 7.60. The first-order valence-electron chi connectivity index (χ1n) is 9.50. The maximum absolute atomic E-state index is 12.9. The molecule has 4 rings (SSSR count). The highest BCUT2D eigenvalue weighted by Gasteiger charge is 2.21. The summed E-state index contributed by atoms with van der Waals surface area (Å²) in [5.41, 5.74) is 5.21. The van der Waals surface area contributed by atoms with E-state index in [1.807, 2.05) is 42.5 Å². The fraction of sp³-hybridized carbons (Fsp3) is 0.273. The first-order chi connectivity index (χ1) is 14.3. The largest absolute Gasteiger partial charge is 0.497 e. The Bertz CT molecular complexity index is 1320. The topological polar surface area (TPSA) is 89.3 Å². The minimum absolute atomic E-state index is 0.0489. The lowest BCUT2D eigenvalue weighted by Crippen LogP contribution is -2.06. The van der Waals surface area contributed by atoms with Crippen molar-refractivity contribution in [1.29, 1.82) is 0 Å². The van der Waals surface area contributed by atoms with Crippen LogP contribution in [0.15, 0.2) is 29.4 Å². The average molecular weight is 423 g/mol. The highest BCUT2D eigenvalue weighted by atomic mass is 32.2. The van der Waals surface area contributed by atoms with Gasteiger partial charge in [-0.05, 0) is 57.0 Å². The molecule has 0 aliphatic heterocycles. The van der Waals surface area contributed by atoms with Gasteiger partial charge in [-0.15, -0.1) is 10.2 Å². The van der Waals surface area contributed by atoms with Gasteiger partial charge in [-0.1, -0.05) is 11.8 Å². The highest BCUT2D eigenvalue weighted by Crippen LogP contribution is 2.29. The van der Waals surface area contributed by atoms with Gasteiger partial charge >= 0.3 is 0 Å². The zero-order chi connectivity index (χ0) is 21.6. The maximum atomic E-state index is 12.9. The molecule has 0 radical (unpaired) electrons. The summed E-state index contributed by atoms with van der Waals surface area (Å²) in [6, 6.07) is 7.86. The molecule has 1 aromatic carbocycles. The van der Waals surface area contributed by atoms with Crippen molar-refractivity contribution in [2.24, 2.45) is 0 Å². The van der Waals surface area contributed by atoms with Crippen LogP contribution in [0.25, 0.3) is 16.6 Å². The number of thioether (sulfide) groups is 1. The van der Waals surface area contributed by atoms with Crippen LogP contribution in [-0.4, -0.2) is 44.0 Å². The van der Waals surface area contributed by atoms with Crippen LogP contribution in [0.3, 0.4) is 0 Å². The quantitative estimate of drug-likeness (QED) is 0.368. The lowest BCUT2D eigenvalue weighted by atomic mass is 10.1. The molecule has 7 nitrogen and oxygen atoms in total. The van der Waals surface area contributed by atoms with Crippen LogP contribution >= 0.6 is 11.8 Å². The first-order valence-corrected chi connectivity index (χ1v) is 10.5. The summed E-state index contributed by atoms with van der Waals surface area (Å²) in [6.07, 6.45) is 0. The molecule has 0 fully saturated rings. The molecule has 0 amide bonds. The summed E-state index contributed by atoms with van der Waals surface area (Å²) >= 11 is 1.32. The van der Waals surface area contributed by atoms with Gasteiger partial charge in [0.1, 0.15) is 5.75 Å². The van der Waals surface area contributed by atoms with Gasteiger partial charge in [0.25, 0.3) is 0 Å². The predicted molar refractivity (Wildman–Crippen MR) is 117 cm³/mol. The third-order valence-corrected chi connectivity index (χ3v) is 6.20. The van der Waals surface area contributed by atoms with Crippen LogP contribution in [0.4, 0.5) is 0 Å². The van der Waals surface area contributed by atoms with Crippen LogP contribution in [0.5, 0.6) is 5.75 Å². The number of nitrogens with one attached hydrogen (secondary N) is 1. The van der Waals surface area contributed by atoms with E-state index in [4.69, 9.17) is 4.74 Å². The summed E-state index contributed by atoms with van der Waals surface area (Å²) in [7, 11) is 1.63. The Kier molecular flexibility index (Phi) is 5.11. The van der Waals surface area contributed by atoms with Gasteiger partial charge in [0, 0.05) is 22.7 Å². The van der Waals surface area contributed by atoms with E-state index in [1.165, 1.54) is 18.7 Å². The van der Waals surface area contributed by atoms with E-state index in [1.54, 1.807) is 14.0 Å². The van der Waals surface area contributed by atoms with Crippen LogP contribution < -0.4 is 4.74 Å². The monoisotopic (exact) mass is 422 g/mol. The van der Waals surface area contributed by atoms with Gasteiger partial charge in [-0.2, -0.15) is 0 Å². The summed E-state index contributed by atoms with van der Waals surface area (Å²) < 4.78 is 7.32. The minimum atomic E-state index is -0.0844. The Morgan fingerprint density at radius 3 is 2.60 bits per heavy atom. The number of methoxy groups -OCH3 is 1. The Balaban J connectivity index is 1.70. The molecule has 0 saturated heterocycles. The van der Waals surface area contributed by atoms with Crippen molar-refractivity contribution >= 4 is 39.9 Å². The molecule has 154 valence electrons. The number of fused-ring (bicyclic) bond motifs is 3. The Hall–Kier alpha value is -3.13. The van der Waals surface area contributed by atoms with Crippen molar-refractivity contribution in [2.75, 3.05) is 12.9 Å². The minimum Gasteiger partial charge on any atom is -0.497 e. The smallest absolute Gasteiger partial charge is 0.196 e. The molecule has 4 aromatic rings. The number of carbonyl (C=O) groups excluding carboxylic acids is 2. The summed E-state index contributed by atoms with van der Waals surface area (Å²) in [6.45, 7) is 7.15. The number of ketones is 2. The van der Waals surface area contributed by atoms with Crippen molar-refractivity contribution < 1.29 is 14.3 Å². The lowest BCUT2D eigenvalue weighted by Gasteiger charge is -2.09. The summed E-state index contributed by atoms with van der Waals surface area (Å²) in [5.74, 6) is 0.786. The molecular formula is C22H22N4O3S. The van der Waals surface area contributed by atoms with Crippen molar-refractivity contribution in [3.8, 4) is 5.75 Å². The van der Waals surface area contributed by atoms with E-state index in [-0.39, 0.29) is 17.3 Å². The molecule has 3 aromatic heterocycles. The second-order valence-corrected chi connectivity index (χ2v) is 8.22. The van der Waals surface area contributed by atoms with E-state index in [0.717, 1.165) is 27.9 Å². The summed E-state index contributed by atoms with van der Waals surface area (Å²) in [5, 5.41) is 10.3. The second-order valence-electron chi connectivity index (χ2n) is 7.28. The molecule has 0 spiro atoms. The van der Waals surface area contributed by atoms with Crippen molar-refractivity contribution in [1.82, 2.24) is 19.6 Å². The fourth-order valence-electron chi connectivity index (χ4n) is 3.88. The standard InChI is InChI=1S/C22H22N4O3S/c1-11-8-19-24-25-22(26(19)17-9-15(29-5)6-7-16(11)17)30-10-18(28)21-12(2)20(14(4)27)13(3)23-21/h6-9,23H,10H2,1-5H3. The molecule has 3 heterocycles. The number of hydrogen-bond donors (Lipinski definition) is 1. The number of aromatic nitrogens is 4. The molecule has 1 N–H and O–H groups in total. The van der Waals surface area contributed by atoms with Crippen LogP contribution in [0, 0.1) is 20.8 Å². The zero-order valence-electron chi connectivity index (χ0n) is 17.5. The number of benzene rings is 1. The number of Topliss-reactive ketones (excluding diaryl/α,β-unsaturated/α-hetero) is 2. The zero-order valence-corrected chi connectivity index (χ0v) is 18.3. The molecule has 0 bridgehead atoms. The van der Waals surface area contributed by atoms with E-state index in [0.29, 0.717) is 27.6 Å². The van der Waals surface area contributed by atoms with Gasteiger partial charge in [-0.25, -0.2) is 0 Å². The van der Waals surface area contributed by atoms with Gasteiger partial charge in [0.05, 0.1) is 24.1 Å². The number of carbonyl (C=O) groups is 2. The number of H-pyrrole nitrogens is 1. The molecular weight excluding hydrogens is 400 g/mol. The van der Waals surface area contributed by atoms with Crippen LogP contribution in [0.1, 0.15) is 44.6 Å². The number of aryl methyl sites for hydroxylation is 2. The van der Waals surface area contributed by atoms with Crippen molar-refractivity contribution in [3.63, 3.8) is 0 Å². The number of nitrogens with zero attached hydrogens (tertiary/aromatic N) is 3. The fourth-order valence-corrected chi connectivity index (χ4v) is 4.71. The molecule has 30 heavy (non-hydrogen) atoms. The van der Waals surface area contributed by atoms with Gasteiger partial charge < -0.3 is 9.72 Å². The number of ether oxygens (including phenoxy) is 1. The average Bonchev–Trinajstić information content (AvgIpc) is 3.25.